The molecule has 2 nitrogen and oxygen atoms in total. The van der Waals surface area contributed by atoms with Crippen molar-refractivity contribution in [3.63, 3.8) is 0 Å². The van der Waals surface area contributed by atoms with Gasteiger partial charge in [-0.3, -0.25) is 0 Å². The van der Waals surface area contributed by atoms with Crippen LogP contribution in [0.15, 0.2) is 18.2 Å². The van der Waals surface area contributed by atoms with Gasteiger partial charge in [0.1, 0.15) is 5.75 Å². The molecule has 0 amide bonds. The van der Waals surface area contributed by atoms with Crippen molar-refractivity contribution in [2.75, 3.05) is 0 Å². The number of ether oxygens (including phenoxy) is 1. The SMILES string of the molecule is CCC(C)Oc1ccc(Cl)cc1[C@H](C)O. The molecule has 0 saturated carbocycles. The van der Waals surface area contributed by atoms with Crippen LogP contribution in [-0.2, 0) is 0 Å². The van der Waals surface area contributed by atoms with Gasteiger partial charge in [0, 0.05) is 10.6 Å². The van der Waals surface area contributed by atoms with E-state index in [1.807, 2.05) is 6.92 Å². The zero-order chi connectivity index (χ0) is 11.4. The summed E-state index contributed by atoms with van der Waals surface area (Å²) in [6.45, 7) is 5.76. The molecule has 0 radical (unpaired) electrons. The molecule has 0 aliphatic heterocycles. The Hall–Kier alpha value is -0.730. The lowest BCUT2D eigenvalue weighted by molar-refractivity contribution is 0.176. The first-order chi connectivity index (χ1) is 7.04. The molecule has 1 N–H and O–H groups in total. The van der Waals surface area contributed by atoms with Gasteiger partial charge in [-0.1, -0.05) is 18.5 Å². The zero-order valence-electron chi connectivity index (χ0n) is 9.33. The molecule has 0 bridgehead atoms. The van der Waals surface area contributed by atoms with Crippen LogP contribution in [0.25, 0.3) is 0 Å². The Bertz CT molecular complexity index is 323. The first-order valence-corrected chi connectivity index (χ1v) is 5.56. The van der Waals surface area contributed by atoms with E-state index in [1.54, 1.807) is 25.1 Å². The fraction of sp³-hybridized carbons (Fsp3) is 0.500. The first kappa shape index (κ1) is 12.3. The van der Waals surface area contributed by atoms with Gasteiger partial charge >= 0.3 is 0 Å². The van der Waals surface area contributed by atoms with Crippen molar-refractivity contribution in [1.29, 1.82) is 0 Å². The third-order valence-corrected chi connectivity index (χ3v) is 2.56. The molecule has 1 aromatic rings. The molecule has 0 aliphatic carbocycles. The molecule has 84 valence electrons. The monoisotopic (exact) mass is 228 g/mol. The lowest BCUT2D eigenvalue weighted by Crippen LogP contribution is -2.11. The topological polar surface area (TPSA) is 29.5 Å². The van der Waals surface area contributed by atoms with Gasteiger partial charge in [0.2, 0.25) is 0 Å². The molecule has 15 heavy (non-hydrogen) atoms. The van der Waals surface area contributed by atoms with E-state index < -0.39 is 6.10 Å². The zero-order valence-corrected chi connectivity index (χ0v) is 10.1. The minimum absolute atomic E-state index is 0.142. The summed E-state index contributed by atoms with van der Waals surface area (Å²) in [7, 11) is 0. The summed E-state index contributed by atoms with van der Waals surface area (Å²) < 4.78 is 5.69. The van der Waals surface area contributed by atoms with Gasteiger partial charge in [-0.25, -0.2) is 0 Å². The summed E-state index contributed by atoms with van der Waals surface area (Å²) in [6, 6.07) is 5.31. The fourth-order valence-electron chi connectivity index (χ4n) is 1.25. The maximum absolute atomic E-state index is 9.58. The maximum atomic E-state index is 9.58. The molecule has 1 unspecified atom stereocenters. The van der Waals surface area contributed by atoms with Crippen LogP contribution in [0.4, 0.5) is 0 Å². The van der Waals surface area contributed by atoms with E-state index in [0.29, 0.717) is 10.8 Å². The molecule has 0 saturated heterocycles. The summed E-state index contributed by atoms with van der Waals surface area (Å²) >= 11 is 5.86. The van der Waals surface area contributed by atoms with Crippen LogP contribution >= 0.6 is 11.6 Å². The number of rotatable bonds is 4. The summed E-state index contributed by atoms with van der Waals surface area (Å²) in [5.74, 6) is 0.712. The summed E-state index contributed by atoms with van der Waals surface area (Å²) in [5.41, 5.74) is 0.739. The van der Waals surface area contributed by atoms with Gasteiger partial charge in [-0.2, -0.15) is 0 Å². The van der Waals surface area contributed by atoms with Crippen molar-refractivity contribution in [2.24, 2.45) is 0 Å². The van der Waals surface area contributed by atoms with E-state index in [-0.39, 0.29) is 6.10 Å². The van der Waals surface area contributed by atoms with E-state index in [9.17, 15) is 5.11 Å². The quantitative estimate of drug-likeness (QED) is 0.854. The lowest BCUT2D eigenvalue weighted by atomic mass is 10.1. The van der Waals surface area contributed by atoms with Crippen LogP contribution in [0.5, 0.6) is 5.75 Å². The fourth-order valence-corrected chi connectivity index (χ4v) is 1.43. The van der Waals surface area contributed by atoms with E-state index in [0.717, 1.165) is 12.0 Å². The van der Waals surface area contributed by atoms with Crippen molar-refractivity contribution in [3.8, 4) is 5.75 Å². The van der Waals surface area contributed by atoms with Crippen molar-refractivity contribution >= 4 is 11.6 Å². The molecule has 0 aliphatic rings. The molecule has 0 fully saturated rings. The predicted molar refractivity (Wildman–Crippen MR) is 62.5 cm³/mol. The van der Waals surface area contributed by atoms with Crippen LogP contribution in [0, 0.1) is 0 Å². The highest BCUT2D eigenvalue weighted by Gasteiger charge is 2.11. The number of benzene rings is 1. The minimum Gasteiger partial charge on any atom is -0.490 e. The van der Waals surface area contributed by atoms with Crippen molar-refractivity contribution < 1.29 is 9.84 Å². The molecule has 2 atom stereocenters. The average Bonchev–Trinajstić information content (AvgIpc) is 2.20. The smallest absolute Gasteiger partial charge is 0.125 e. The molecule has 0 spiro atoms. The van der Waals surface area contributed by atoms with E-state index >= 15 is 0 Å². The van der Waals surface area contributed by atoms with Crippen LogP contribution < -0.4 is 4.74 Å². The second-order valence-corrected chi connectivity index (χ2v) is 4.13. The second-order valence-electron chi connectivity index (χ2n) is 3.69. The number of aliphatic hydroxyl groups excluding tert-OH is 1. The number of hydrogen-bond acceptors (Lipinski definition) is 2. The van der Waals surface area contributed by atoms with Gasteiger partial charge in [0.25, 0.3) is 0 Å². The van der Waals surface area contributed by atoms with Crippen LogP contribution in [0.2, 0.25) is 5.02 Å². The third kappa shape index (κ3) is 3.40. The molecule has 1 rings (SSSR count). The Morgan fingerprint density at radius 3 is 2.60 bits per heavy atom. The highest BCUT2D eigenvalue weighted by Crippen LogP contribution is 2.29. The first-order valence-electron chi connectivity index (χ1n) is 5.18. The highest BCUT2D eigenvalue weighted by molar-refractivity contribution is 6.30. The Labute approximate surface area is 95.8 Å². The van der Waals surface area contributed by atoms with Gasteiger partial charge in [0.05, 0.1) is 12.2 Å². The largest absolute Gasteiger partial charge is 0.490 e. The van der Waals surface area contributed by atoms with E-state index in [4.69, 9.17) is 16.3 Å². The van der Waals surface area contributed by atoms with Crippen LogP contribution in [0.3, 0.4) is 0 Å². The summed E-state index contributed by atoms with van der Waals surface area (Å²) in [5, 5.41) is 10.2. The standard InChI is InChI=1S/C12H17ClO2/c1-4-8(2)15-12-6-5-10(13)7-11(12)9(3)14/h5-9,14H,4H2,1-3H3/t8?,9-/m0/s1. The van der Waals surface area contributed by atoms with E-state index in [2.05, 4.69) is 6.92 Å². The van der Waals surface area contributed by atoms with Gasteiger partial charge in [0.15, 0.2) is 0 Å². The average molecular weight is 229 g/mol. The maximum Gasteiger partial charge on any atom is 0.125 e. The molecular weight excluding hydrogens is 212 g/mol. The summed E-state index contributed by atoms with van der Waals surface area (Å²) in [6.07, 6.45) is 0.508. The number of hydrogen-bond donors (Lipinski definition) is 1. The molecule has 3 heteroatoms. The molecule has 0 heterocycles. The minimum atomic E-state index is -0.567. The Morgan fingerprint density at radius 1 is 1.40 bits per heavy atom. The van der Waals surface area contributed by atoms with Crippen LogP contribution in [0.1, 0.15) is 38.9 Å². The molecule has 0 aromatic heterocycles. The second kappa shape index (κ2) is 5.38. The van der Waals surface area contributed by atoms with Gasteiger partial charge in [-0.05, 0) is 38.5 Å². The third-order valence-electron chi connectivity index (χ3n) is 2.32. The Kier molecular flexibility index (Phi) is 4.43. The highest BCUT2D eigenvalue weighted by atomic mass is 35.5. The summed E-state index contributed by atoms with van der Waals surface area (Å²) in [4.78, 5) is 0. The Morgan fingerprint density at radius 2 is 2.07 bits per heavy atom. The van der Waals surface area contributed by atoms with Gasteiger partial charge in [-0.15, -0.1) is 0 Å². The number of aliphatic hydroxyl groups is 1. The predicted octanol–water partition coefficient (Wildman–Crippen LogP) is 3.57. The van der Waals surface area contributed by atoms with Gasteiger partial charge < -0.3 is 9.84 Å². The van der Waals surface area contributed by atoms with Crippen molar-refractivity contribution in [2.45, 2.75) is 39.4 Å². The van der Waals surface area contributed by atoms with Crippen molar-refractivity contribution in [1.82, 2.24) is 0 Å². The normalized spacial score (nSPS) is 14.7. The molecular formula is C12H17ClO2. The molecule has 1 aromatic carbocycles. The number of halogens is 1. The Balaban J connectivity index is 2.95. The van der Waals surface area contributed by atoms with Crippen LogP contribution in [-0.4, -0.2) is 11.2 Å². The lowest BCUT2D eigenvalue weighted by Gasteiger charge is -2.17. The van der Waals surface area contributed by atoms with E-state index in [1.165, 1.54) is 0 Å². The van der Waals surface area contributed by atoms with Crippen molar-refractivity contribution in [3.05, 3.63) is 28.8 Å².